The fourth-order valence-corrected chi connectivity index (χ4v) is 3.70. The Kier molecular flexibility index (Phi) is 5.39. The molecule has 0 radical (unpaired) electrons. The number of hydrogen-bond acceptors (Lipinski definition) is 7. The van der Waals surface area contributed by atoms with Gasteiger partial charge < -0.3 is 9.80 Å². The number of alkyl halides is 3. The third kappa shape index (κ3) is 4.10. The van der Waals surface area contributed by atoms with Crippen LogP contribution in [0.4, 0.5) is 30.5 Å². The van der Waals surface area contributed by atoms with Crippen molar-refractivity contribution in [2.45, 2.75) is 6.18 Å². The number of tetrazole rings is 1. The molecule has 2 heterocycles. The Morgan fingerprint density at radius 3 is 2.29 bits per heavy atom. The standard InChI is InChI=1S/C18H15ClF3N7O2/c19-14-11-15(16(29(30)31)10-13(14)18(20,21)22)26-6-8-27(9-7-26)17-23-24-25-28(17)12-4-2-1-3-5-12/h1-5,10-11H,6-9H2. The summed E-state index contributed by atoms with van der Waals surface area (Å²) in [5, 5.41) is 22.7. The van der Waals surface area contributed by atoms with E-state index in [0.717, 1.165) is 11.8 Å². The molecule has 0 unspecified atom stereocenters. The van der Waals surface area contributed by atoms with Crippen LogP contribution in [0.25, 0.3) is 5.69 Å². The summed E-state index contributed by atoms with van der Waals surface area (Å²) in [7, 11) is 0. The normalized spacial score (nSPS) is 14.7. The van der Waals surface area contributed by atoms with Gasteiger partial charge in [0.15, 0.2) is 0 Å². The van der Waals surface area contributed by atoms with Gasteiger partial charge in [-0.3, -0.25) is 10.1 Å². The van der Waals surface area contributed by atoms with Gasteiger partial charge in [-0.15, -0.1) is 0 Å². The summed E-state index contributed by atoms with van der Waals surface area (Å²) in [5.41, 5.74) is -1.05. The van der Waals surface area contributed by atoms with E-state index < -0.39 is 27.4 Å². The molecule has 162 valence electrons. The fourth-order valence-electron chi connectivity index (χ4n) is 3.43. The van der Waals surface area contributed by atoms with Gasteiger partial charge in [-0.1, -0.05) is 34.9 Å². The van der Waals surface area contributed by atoms with Crippen molar-refractivity contribution in [1.29, 1.82) is 0 Å². The van der Waals surface area contributed by atoms with Crippen molar-refractivity contribution in [2.75, 3.05) is 36.0 Å². The van der Waals surface area contributed by atoms with Gasteiger partial charge in [0.05, 0.1) is 21.2 Å². The van der Waals surface area contributed by atoms with Crippen LogP contribution < -0.4 is 9.80 Å². The third-order valence-corrected chi connectivity index (χ3v) is 5.24. The Bertz CT molecular complexity index is 1100. The summed E-state index contributed by atoms with van der Waals surface area (Å²) >= 11 is 5.80. The SMILES string of the molecule is O=[N+]([O-])c1cc(C(F)(F)F)c(Cl)cc1N1CCN(c2nnnn2-c2ccccc2)CC1. The fraction of sp³-hybridized carbons (Fsp3) is 0.278. The number of anilines is 2. The molecule has 1 fully saturated rings. The zero-order valence-corrected chi connectivity index (χ0v) is 16.6. The van der Waals surface area contributed by atoms with Crippen molar-refractivity contribution < 1.29 is 18.1 Å². The molecule has 4 rings (SSSR count). The molecule has 9 nitrogen and oxygen atoms in total. The topological polar surface area (TPSA) is 93.2 Å². The summed E-state index contributed by atoms with van der Waals surface area (Å²) < 4.78 is 40.9. The number of nitro groups is 1. The number of rotatable bonds is 4. The highest BCUT2D eigenvalue weighted by Gasteiger charge is 2.37. The first kappa shape index (κ1) is 20.8. The van der Waals surface area contributed by atoms with Crippen LogP contribution in [0.1, 0.15) is 5.56 Å². The number of halogens is 4. The molecule has 1 saturated heterocycles. The summed E-state index contributed by atoms with van der Waals surface area (Å²) in [6.07, 6.45) is -4.78. The minimum atomic E-state index is -4.78. The molecule has 31 heavy (non-hydrogen) atoms. The predicted molar refractivity (Wildman–Crippen MR) is 107 cm³/mol. The average Bonchev–Trinajstić information content (AvgIpc) is 3.23. The first-order valence-electron chi connectivity index (χ1n) is 9.14. The molecule has 0 spiro atoms. The molecule has 0 bridgehead atoms. The van der Waals surface area contributed by atoms with Crippen LogP contribution in [0.3, 0.4) is 0 Å². The highest BCUT2D eigenvalue weighted by Crippen LogP contribution is 2.41. The van der Waals surface area contributed by atoms with Crippen molar-refractivity contribution in [2.24, 2.45) is 0 Å². The molecule has 3 aromatic rings. The molecule has 1 aliphatic heterocycles. The van der Waals surface area contributed by atoms with E-state index in [9.17, 15) is 23.3 Å². The Morgan fingerprint density at radius 2 is 1.68 bits per heavy atom. The second kappa shape index (κ2) is 8.02. The predicted octanol–water partition coefficient (Wildman–Crippen LogP) is 3.57. The van der Waals surface area contributed by atoms with Crippen molar-refractivity contribution in [3.05, 3.63) is 63.2 Å². The first-order chi connectivity index (χ1) is 14.8. The van der Waals surface area contributed by atoms with Gasteiger partial charge in [-0.05, 0) is 28.6 Å². The van der Waals surface area contributed by atoms with Crippen LogP contribution >= 0.6 is 11.6 Å². The molecule has 0 aliphatic carbocycles. The third-order valence-electron chi connectivity index (χ3n) is 4.92. The van der Waals surface area contributed by atoms with Gasteiger partial charge in [0, 0.05) is 32.2 Å². The summed E-state index contributed by atoms with van der Waals surface area (Å²) in [6, 6.07) is 10.8. The largest absolute Gasteiger partial charge is 0.418 e. The van der Waals surface area contributed by atoms with E-state index in [1.807, 2.05) is 35.2 Å². The Morgan fingerprint density at radius 1 is 1.03 bits per heavy atom. The number of nitro benzene ring substituents is 1. The van der Waals surface area contributed by atoms with Crippen LogP contribution in [-0.2, 0) is 6.18 Å². The summed E-state index contributed by atoms with van der Waals surface area (Å²) in [4.78, 5) is 14.1. The van der Waals surface area contributed by atoms with Crippen LogP contribution in [0.15, 0.2) is 42.5 Å². The molecule has 0 atom stereocenters. The number of benzene rings is 2. The first-order valence-corrected chi connectivity index (χ1v) is 9.52. The highest BCUT2D eigenvalue weighted by atomic mass is 35.5. The lowest BCUT2D eigenvalue weighted by Crippen LogP contribution is -2.47. The smallest absolute Gasteiger partial charge is 0.362 e. The monoisotopic (exact) mass is 453 g/mol. The van der Waals surface area contributed by atoms with Crippen molar-refractivity contribution in [3.63, 3.8) is 0 Å². The zero-order valence-electron chi connectivity index (χ0n) is 15.8. The number of hydrogen-bond donors (Lipinski definition) is 0. The van der Waals surface area contributed by atoms with E-state index in [4.69, 9.17) is 11.6 Å². The van der Waals surface area contributed by atoms with Crippen LogP contribution in [0.2, 0.25) is 5.02 Å². The molecule has 13 heteroatoms. The van der Waals surface area contributed by atoms with Gasteiger partial charge >= 0.3 is 6.18 Å². The lowest BCUT2D eigenvalue weighted by molar-refractivity contribution is -0.384. The number of piperazine rings is 1. The average molecular weight is 454 g/mol. The number of aromatic nitrogens is 4. The van der Waals surface area contributed by atoms with E-state index >= 15 is 0 Å². The van der Waals surface area contributed by atoms with Crippen molar-refractivity contribution in [1.82, 2.24) is 20.2 Å². The lowest BCUT2D eigenvalue weighted by atomic mass is 10.1. The van der Waals surface area contributed by atoms with Crippen LogP contribution in [-0.4, -0.2) is 51.3 Å². The molecule has 0 N–H and O–H groups in total. The maximum Gasteiger partial charge on any atom is 0.418 e. The molecule has 2 aromatic carbocycles. The van der Waals surface area contributed by atoms with Gasteiger partial charge in [-0.2, -0.15) is 17.9 Å². The minimum absolute atomic E-state index is 0.0466. The molecule has 1 aromatic heterocycles. The van der Waals surface area contributed by atoms with Gasteiger partial charge in [0.2, 0.25) is 5.95 Å². The highest BCUT2D eigenvalue weighted by molar-refractivity contribution is 6.31. The van der Waals surface area contributed by atoms with Gasteiger partial charge in [-0.25, -0.2) is 0 Å². The molecule has 0 amide bonds. The van der Waals surface area contributed by atoms with E-state index in [1.165, 1.54) is 0 Å². The molecular formula is C18H15ClF3N7O2. The zero-order chi connectivity index (χ0) is 22.2. The summed E-state index contributed by atoms with van der Waals surface area (Å²) in [5.74, 6) is 0.505. The van der Waals surface area contributed by atoms with Gasteiger partial charge in [0.25, 0.3) is 5.69 Å². The number of nitrogens with zero attached hydrogens (tertiary/aromatic N) is 7. The summed E-state index contributed by atoms with van der Waals surface area (Å²) in [6.45, 7) is 1.43. The Hall–Kier alpha value is -3.41. The molecular weight excluding hydrogens is 439 g/mol. The minimum Gasteiger partial charge on any atom is -0.362 e. The van der Waals surface area contributed by atoms with Crippen LogP contribution in [0, 0.1) is 10.1 Å². The second-order valence-electron chi connectivity index (χ2n) is 6.78. The molecule has 0 saturated carbocycles. The molecule has 1 aliphatic rings. The van der Waals surface area contributed by atoms with Crippen LogP contribution in [0.5, 0.6) is 0 Å². The second-order valence-corrected chi connectivity index (χ2v) is 7.18. The van der Waals surface area contributed by atoms with E-state index in [-0.39, 0.29) is 5.69 Å². The van der Waals surface area contributed by atoms with Crippen molar-refractivity contribution >= 4 is 28.9 Å². The quantitative estimate of drug-likeness (QED) is 0.440. The lowest BCUT2D eigenvalue weighted by Gasteiger charge is -2.36. The Labute approximate surface area is 178 Å². The van der Waals surface area contributed by atoms with E-state index in [0.29, 0.717) is 38.2 Å². The van der Waals surface area contributed by atoms with E-state index in [1.54, 1.807) is 9.58 Å². The van der Waals surface area contributed by atoms with E-state index in [2.05, 4.69) is 15.5 Å². The maximum atomic E-state index is 13.1. The van der Waals surface area contributed by atoms with Crippen molar-refractivity contribution in [3.8, 4) is 5.69 Å². The Balaban J connectivity index is 1.57. The maximum absolute atomic E-state index is 13.1. The number of para-hydroxylation sites is 1. The van der Waals surface area contributed by atoms with Gasteiger partial charge in [0.1, 0.15) is 5.69 Å².